The van der Waals surface area contributed by atoms with Crippen LogP contribution in [0.1, 0.15) is 59.8 Å². The zero-order chi connectivity index (χ0) is 15.3. The van der Waals surface area contributed by atoms with Gasteiger partial charge in [-0.1, -0.05) is 27.7 Å². The zero-order valence-electron chi connectivity index (χ0n) is 13.9. The van der Waals surface area contributed by atoms with E-state index in [-0.39, 0.29) is 18.0 Å². The molecule has 3 N–H and O–H groups in total. The van der Waals surface area contributed by atoms with Crippen molar-refractivity contribution in [2.75, 3.05) is 13.6 Å². The van der Waals surface area contributed by atoms with Gasteiger partial charge in [0, 0.05) is 18.6 Å². The molecule has 1 rings (SSSR count). The van der Waals surface area contributed by atoms with E-state index in [9.17, 15) is 4.79 Å². The van der Waals surface area contributed by atoms with Gasteiger partial charge in [-0.05, 0) is 44.6 Å². The molecule has 118 valence electrons. The van der Waals surface area contributed by atoms with E-state index in [0.717, 1.165) is 13.0 Å². The first-order valence-corrected chi connectivity index (χ1v) is 7.97. The zero-order valence-corrected chi connectivity index (χ0v) is 13.9. The van der Waals surface area contributed by atoms with E-state index in [4.69, 9.17) is 5.73 Å². The molecule has 1 saturated carbocycles. The summed E-state index contributed by atoms with van der Waals surface area (Å²) in [5, 5.41) is 3.25. The first-order valence-electron chi connectivity index (χ1n) is 7.97. The third-order valence-corrected chi connectivity index (χ3v) is 4.58. The summed E-state index contributed by atoms with van der Waals surface area (Å²) in [6, 6.07) is 0.737. The van der Waals surface area contributed by atoms with Crippen molar-refractivity contribution in [3.8, 4) is 0 Å². The lowest BCUT2D eigenvalue weighted by Crippen LogP contribution is -2.47. The van der Waals surface area contributed by atoms with Gasteiger partial charge in [-0.2, -0.15) is 0 Å². The summed E-state index contributed by atoms with van der Waals surface area (Å²) in [5.41, 5.74) is 5.97. The van der Waals surface area contributed by atoms with Crippen molar-refractivity contribution in [2.45, 2.75) is 77.9 Å². The van der Waals surface area contributed by atoms with E-state index in [1.807, 2.05) is 13.8 Å². The van der Waals surface area contributed by atoms with E-state index in [2.05, 4.69) is 31.1 Å². The molecule has 0 aromatic rings. The van der Waals surface area contributed by atoms with E-state index in [0.29, 0.717) is 11.5 Å². The van der Waals surface area contributed by atoms with Crippen molar-refractivity contribution >= 4 is 5.91 Å². The van der Waals surface area contributed by atoms with Crippen molar-refractivity contribution in [3.05, 3.63) is 0 Å². The van der Waals surface area contributed by atoms with Crippen LogP contribution < -0.4 is 11.1 Å². The molecule has 0 aromatic carbocycles. The molecule has 1 amide bonds. The topological polar surface area (TPSA) is 58.4 Å². The Morgan fingerprint density at radius 3 is 2.35 bits per heavy atom. The molecule has 4 heteroatoms. The Labute approximate surface area is 124 Å². The van der Waals surface area contributed by atoms with Crippen molar-refractivity contribution < 1.29 is 4.79 Å². The van der Waals surface area contributed by atoms with Gasteiger partial charge in [0.2, 0.25) is 5.91 Å². The molecular weight excluding hydrogens is 250 g/mol. The van der Waals surface area contributed by atoms with Gasteiger partial charge in [-0.15, -0.1) is 0 Å². The maximum Gasteiger partial charge on any atom is 0.234 e. The number of carbonyl (C=O) groups is 1. The predicted octanol–water partition coefficient (Wildman–Crippen LogP) is 2.13. The highest BCUT2D eigenvalue weighted by molar-refractivity contribution is 5.79. The number of nitrogens with two attached hydrogens (primary N) is 1. The number of primary amides is 1. The Morgan fingerprint density at radius 2 is 1.90 bits per heavy atom. The standard InChI is InChI=1S/C16H33N3O/c1-12(2)18-14(15(17)20)8-11-19(5)13-6-9-16(3,4)10-7-13/h12-14,18H,6-11H2,1-5H3,(H2,17,20). The van der Waals surface area contributed by atoms with Crippen LogP contribution in [0.15, 0.2) is 0 Å². The molecule has 0 bridgehead atoms. The van der Waals surface area contributed by atoms with Crippen molar-refractivity contribution in [1.29, 1.82) is 0 Å². The quantitative estimate of drug-likeness (QED) is 0.752. The lowest BCUT2D eigenvalue weighted by Gasteiger charge is -2.39. The lowest BCUT2D eigenvalue weighted by molar-refractivity contribution is -0.120. The smallest absolute Gasteiger partial charge is 0.234 e. The van der Waals surface area contributed by atoms with Crippen LogP contribution in [-0.4, -0.2) is 42.5 Å². The van der Waals surface area contributed by atoms with Gasteiger partial charge >= 0.3 is 0 Å². The van der Waals surface area contributed by atoms with Gasteiger partial charge < -0.3 is 16.0 Å². The average Bonchev–Trinajstić information content (AvgIpc) is 2.33. The van der Waals surface area contributed by atoms with Crippen LogP contribution in [0.2, 0.25) is 0 Å². The Kier molecular flexibility index (Phi) is 6.46. The van der Waals surface area contributed by atoms with Gasteiger partial charge in [0.1, 0.15) is 0 Å². The summed E-state index contributed by atoms with van der Waals surface area (Å²) in [4.78, 5) is 13.9. The maximum absolute atomic E-state index is 11.5. The van der Waals surface area contributed by atoms with E-state index in [1.54, 1.807) is 0 Å². The molecule has 0 radical (unpaired) electrons. The minimum absolute atomic E-state index is 0.211. The molecule has 1 atom stereocenters. The monoisotopic (exact) mass is 283 g/mol. The first-order chi connectivity index (χ1) is 9.21. The van der Waals surface area contributed by atoms with E-state index in [1.165, 1.54) is 25.7 Å². The fourth-order valence-corrected chi connectivity index (χ4v) is 3.05. The molecule has 0 aromatic heterocycles. The Morgan fingerprint density at radius 1 is 1.35 bits per heavy atom. The highest BCUT2D eigenvalue weighted by Crippen LogP contribution is 2.36. The highest BCUT2D eigenvalue weighted by atomic mass is 16.1. The average molecular weight is 283 g/mol. The Hall–Kier alpha value is -0.610. The van der Waals surface area contributed by atoms with Crippen LogP contribution in [0, 0.1) is 5.41 Å². The summed E-state index contributed by atoms with van der Waals surface area (Å²) in [6.07, 6.45) is 5.92. The van der Waals surface area contributed by atoms with Gasteiger partial charge in [-0.3, -0.25) is 4.79 Å². The van der Waals surface area contributed by atoms with Crippen LogP contribution in [0.4, 0.5) is 0 Å². The number of rotatable bonds is 7. The minimum Gasteiger partial charge on any atom is -0.368 e. The van der Waals surface area contributed by atoms with Gasteiger partial charge in [0.05, 0.1) is 6.04 Å². The van der Waals surface area contributed by atoms with E-state index >= 15 is 0 Å². The third-order valence-electron chi connectivity index (χ3n) is 4.58. The Bertz CT molecular complexity index is 305. The summed E-state index contributed by atoms with van der Waals surface area (Å²) in [6.45, 7) is 9.74. The molecule has 4 nitrogen and oxygen atoms in total. The number of amides is 1. The number of hydrogen-bond donors (Lipinski definition) is 2. The van der Waals surface area contributed by atoms with Gasteiger partial charge in [-0.25, -0.2) is 0 Å². The van der Waals surface area contributed by atoms with E-state index < -0.39 is 0 Å². The number of nitrogens with one attached hydrogen (secondary N) is 1. The van der Waals surface area contributed by atoms with Gasteiger partial charge in [0.15, 0.2) is 0 Å². The van der Waals surface area contributed by atoms with Crippen molar-refractivity contribution in [3.63, 3.8) is 0 Å². The lowest BCUT2D eigenvalue weighted by atomic mass is 9.75. The minimum atomic E-state index is -0.239. The summed E-state index contributed by atoms with van der Waals surface area (Å²) >= 11 is 0. The second-order valence-corrected chi connectivity index (χ2v) is 7.44. The molecular formula is C16H33N3O. The molecule has 20 heavy (non-hydrogen) atoms. The molecule has 1 fully saturated rings. The summed E-state index contributed by atoms with van der Waals surface area (Å²) in [7, 11) is 2.18. The van der Waals surface area contributed by atoms with Crippen molar-refractivity contribution in [1.82, 2.24) is 10.2 Å². The SMILES string of the molecule is CC(C)NC(CCN(C)C1CCC(C)(C)CC1)C(N)=O. The molecule has 1 aliphatic carbocycles. The largest absolute Gasteiger partial charge is 0.368 e. The molecule has 1 unspecified atom stereocenters. The predicted molar refractivity (Wildman–Crippen MR) is 84.5 cm³/mol. The number of carbonyl (C=O) groups excluding carboxylic acids is 1. The second-order valence-electron chi connectivity index (χ2n) is 7.44. The fourth-order valence-electron chi connectivity index (χ4n) is 3.05. The Balaban J connectivity index is 2.38. The molecule has 0 aliphatic heterocycles. The van der Waals surface area contributed by atoms with Crippen LogP contribution >= 0.6 is 0 Å². The normalized spacial score (nSPS) is 21.4. The fraction of sp³-hybridized carbons (Fsp3) is 0.938. The number of nitrogens with zero attached hydrogens (tertiary/aromatic N) is 1. The third kappa shape index (κ3) is 5.80. The van der Waals surface area contributed by atoms with Crippen LogP contribution in [0.3, 0.4) is 0 Å². The summed E-state index contributed by atoms with van der Waals surface area (Å²) in [5.74, 6) is -0.239. The second kappa shape index (κ2) is 7.41. The van der Waals surface area contributed by atoms with Crippen LogP contribution in [0.5, 0.6) is 0 Å². The van der Waals surface area contributed by atoms with Crippen LogP contribution in [-0.2, 0) is 4.79 Å². The molecule has 1 aliphatic rings. The summed E-state index contributed by atoms with van der Waals surface area (Å²) < 4.78 is 0. The maximum atomic E-state index is 11.5. The molecule has 0 spiro atoms. The molecule has 0 heterocycles. The highest BCUT2D eigenvalue weighted by Gasteiger charge is 2.29. The van der Waals surface area contributed by atoms with Crippen LogP contribution in [0.25, 0.3) is 0 Å². The van der Waals surface area contributed by atoms with Gasteiger partial charge in [0.25, 0.3) is 0 Å². The first kappa shape index (κ1) is 17.4. The molecule has 0 saturated heterocycles. The number of hydrogen-bond acceptors (Lipinski definition) is 3. The van der Waals surface area contributed by atoms with Crippen molar-refractivity contribution in [2.24, 2.45) is 11.1 Å².